The highest BCUT2D eigenvalue weighted by Crippen LogP contribution is 2.41. The molecule has 4 rings (SSSR count). The van der Waals surface area contributed by atoms with E-state index in [1.807, 2.05) is 26.0 Å². The number of hydrogen-bond donors (Lipinski definition) is 2. The van der Waals surface area contributed by atoms with Crippen LogP contribution in [0.15, 0.2) is 42.7 Å². The molecule has 2 aliphatic rings. The van der Waals surface area contributed by atoms with E-state index >= 15 is 0 Å². The summed E-state index contributed by atoms with van der Waals surface area (Å²) in [4.78, 5) is 46.8. The first kappa shape index (κ1) is 24.9. The fraction of sp³-hybridized carbons (Fsp3) is 0.481. The van der Waals surface area contributed by atoms with Crippen molar-refractivity contribution < 1.29 is 14.4 Å². The van der Waals surface area contributed by atoms with Gasteiger partial charge in [0.1, 0.15) is 6.54 Å². The highest BCUT2D eigenvalue weighted by Gasteiger charge is 2.41. The van der Waals surface area contributed by atoms with Crippen LogP contribution in [-0.2, 0) is 9.59 Å². The van der Waals surface area contributed by atoms with Gasteiger partial charge in [-0.05, 0) is 61.9 Å². The lowest BCUT2D eigenvalue weighted by Gasteiger charge is -2.37. The summed E-state index contributed by atoms with van der Waals surface area (Å²) in [6.45, 7) is 10.4. The number of amides is 3. The molecule has 1 aromatic heterocycles. The number of pyridine rings is 1. The van der Waals surface area contributed by atoms with Crippen molar-refractivity contribution in [3.63, 3.8) is 0 Å². The molecule has 0 bridgehead atoms. The third kappa shape index (κ3) is 5.53. The van der Waals surface area contributed by atoms with Gasteiger partial charge in [0.15, 0.2) is 0 Å². The van der Waals surface area contributed by atoms with Crippen molar-refractivity contribution in [1.29, 1.82) is 0 Å². The summed E-state index contributed by atoms with van der Waals surface area (Å²) in [5.74, 6) is -0.516. The largest absolute Gasteiger partial charge is 0.345 e. The minimum absolute atomic E-state index is 0.00506. The molecular formula is C27H35N5O3. The van der Waals surface area contributed by atoms with Crippen LogP contribution in [0.4, 0.5) is 11.4 Å². The first-order valence-corrected chi connectivity index (χ1v) is 12.3. The molecule has 1 fully saturated rings. The second-order valence-electron chi connectivity index (χ2n) is 10.6. The van der Waals surface area contributed by atoms with Crippen molar-refractivity contribution in [3.8, 4) is 0 Å². The number of hydrogen-bond acceptors (Lipinski definition) is 5. The molecule has 2 aromatic rings. The first-order valence-electron chi connectivity index (χ1n) is 12.3. The molecule has 186 valence electrons. The van der Waals surface area contributed by atoms with Crippen molar-refractivity contribution >= 4 is 29.1 Å². The van der Waals surface area contributed by atoms with Crippen LogP contribution in [0.1, 0.15) is 69.4 Å². The number of nitrogens with zero attached hydrogens (tertiary/aromatic N) is 3. The Morgan fingerprint density at radius 1 is 1.14 bits per heavy atom. The van der Waals surface area contributed by atoms with E-state index in [-0.39, 0.29) is 54.4 Å². The number of carbonyl (C=O) groups excluding carboxylic acids is 3. The van der Waals surface area contributed by atoms with Gasteiger partial charge < -0.3 is 15.5 Å². The Kier molecular flexibility index (Phi) is 6.94. The summed E-state index contributed by atoms with van der Waals surface area (Å²) in [5, 5.41) is 6.29. The second kappa shape index (κ2) is 9.77. The molecule has 2 heterocycles. The van der Waals surface area contributed by atoms with Gasteiger partial charge >= 0.3 is 0 Å². The molecule has 1 aliphatic carbocycles. The number of fused-ring (bicyclic) bond motifs is 1. The van der Waals surface area contributed by atoms with Gasteiger partial charge in [-0.3, -0.25) is 24.3 Å². The van der Waals surface area contributed by atoms with Gasteiger partial charge in [-0.25, -0.2) is 0 Å². The van der Waals surface area contributed by atoms with Crippen molar-refractivity contribution in [2.45, 2.75) is 65.6 Å². The maximum Gasteiger partial charge on any atom is 0.251 e. The highest BCUT2D eigenvalue weighted by atomic mass is 16.2. The zero-order chi connectivity index (χ0) is 25.3. The minimum Gasteiger partial charge on any atom is -0.345 e. The molecular weight excluding hydrogens is 442 g/mol. The van der Waals surface area contributed by atoms with E-state index in [9.17, 15) is 14.4 Å². The number of carbonyl (C=O) groups is 3. The average molecular weight is 478 g/mol. The van der Waals surface area contributed by atoms with E-state index in [1.165, 1.54) is 4.90 Å². The molecule has 2 atom stereocenters. The Morgan fingerprint density at radius 3 is 2.51 bits per heavy atom. The van der Waals surface area contributed by atoms with E-state index in [0.29, 0.717) is 16.9 Å². The Balaban J connectivity index is 1.58. The quantitative estimate of drug-likeness (QED) is 0.637. The lowest BCUT2D eigenvalue weighted by atomic mass is 9.88. The smallest absolute Gasteiger partial charge is 0.251 e. The van der Waals surface area contributed by atoms with Crippen LogP contribution < -0.4 is 20.4 Å². The van der Waals surface area contributed by atoms with Crippen molar-refractivity contribution in [2.24, 2.45) is 5.41 Å². The van der Waals surface area contributed by atoms with Gasteiger partial charge in [-0.15, -0.1) is 0 Å². The van der Waals surface area contributed by atoms with Crippen LogP contribution in [0.25, 0.3) is 0 Å². The van der Waals surface area contributed by atoms with E-state index in [4.69, 9.17) is 0 Å². The zero-order valence-corrected chi connectivity index (χ0v) is 21.2. The first-order chi connectivity index (χ1) is 16.6. The van der Waals surface area contributed by atoms with E-state index in [2.05, 4.69) is 36.4 Å². The van der Waals surface area contributed by atoms with Crippen LogP contribution >= 0.6 is 0 Å². The van der Waals surface area contributed by atoms with E-state index in [1.54, 1.807) is 35.5 Å². The summed E-state index contributed by atoms with van der Waals surface area (Å²) in [6, 6.07) is 9.04. The van der Waals surface area contributed by atoms with Gasteiger partial charge in [0.2, 0.25) is 11.8 Å². The van der Waals surface area contributed by atoms with E-state index < -0.39 is 0 Å². The van der Waals surface area contributed by atoms with Crippen molar-refractivity contribution in [2.75, 3.05) is 22.9 Å². The Hall–Kier alpha value is -3.26. The SMILES string of the molecule is CC(NC(=O)c1ccc2c(c1)N(C(=O)CN[C@@H](C)C(C)(C)C)CC(=O)N2C1CC1)c1cccnc1. The average Bonchev–Trinajstić information content (AvgIpc) is 3.66. The van der Waals surface area contributed by atoms with Crippen LogP contribution in [0.2, 0.25) is 0 Å². The van der Waals surface area contributed by atoms with Gasteiger partial charge in [0, 0.05) is 30.0 Å². The second-order valence-corrected chi connectivity index (χ2v) is 10.6. The molecule has 1 aliphatic heterocycles. The summed E-state index contributed by atoms with van der Waals surface area (Å²) in [7, 11) is 0. The van der Waals surface area contributed by atoms with Gasteiger partial charge in [-0.1, -0.05) is 26.8 Å². The standard InChI is InChI=1S/C27H35N5O3/c1-17(20-7-6-12-28-14-20)30-26(35)19-8-11-22-23(13-19)31(16-25(34)32(22)21-9-10-21)24(33)15-29-18(2)27(3,4)5/h6-8,11-14,17-18,21,29H,9-10,15-16H2,1-5H3,(H,30,35)/t17?,18-/m0/s1. The number of benzene rings is 1. The molecule has 0 radical (unpaired) electrons. The van der Waals surface area contributed by atoms with Crippen LogP contribution in [-0.4, -0.2) is 47.9 Å². The predicted octanol–water partition coefficient (Wildman–Crippen LogP) is 3.44. The minimum atomic E-state index is -0.245. The maximum atomic E-state index is 13.3. The fourth-order valence-electron chi connectivity index (χ4n) is 4.11. The van der Waals surface area contributed by atoms with Gasteiger partial charge in [0.25, 0.3) is 5.91 Å². The van der Waals surface area contributed by atoms with Crippen LogP contribution in [0, 0.1) is 5.41 Å². The number of anilines is 2. The van der Waals surface area contributed by atoms with E-state index in [0.717, 1.165) is 18.4 Å². The molecule has 3 amide bonds. The molecule has 8 nitrogen and oxygen atoms in total. The summed E-state index contributed by atoms with van der Waals surface area (Å²) in [5.41, 5.74) is 2.64. The molecule has 1 saturated carbocycles. The molecule has 8 heteroatoms. The summed E-state index contributed by atoms with van der Waals surface area (Å²) < 4.78 is 0. The van der Waals surface area contributed by atoms with Crippen molar-refractivity contribution in [1.82, 2.24) is 15.6 Å². The molecule has 0 saturated heterocycles. The lowest BCUT2D eigenvalue weighted by molar-refractivity contribution is -0.122. The van der Waals surface area contributed by atoms with Crippen molar-refractivity contribution in [3.05, 3.63) is 53.9 Å². The lowest BCUT2D eigenvalue weighted by Crippen LogP contribution is -2.52. The summed E-state index contributed by atoms with van der Waals surface area (Å²) >= 11 is 0. The number of nitrogens with one attached hydrogen (secondary N) is 2. The Morgan fingerprint density at radius 2 is 1.89 bits per heavy atom. The Bertz CT molecular complexity index is 1110. The number of aromatic nitrogens is 1. The molecule has 35 heavy (non-hydrogen) atoms. The maximum absolute atomic E-state index is 13.3. The number of rotatable bonds is 7. The van der Waals surface area contributed by atoms with Crippen LogP contribution in [0.3, 0.4) is 0 Å². The summed E-state index contributed by atoms with van der Waals surface area (Å²) in [6.07, 6.45) is 5.32. The normalized spacial score (nSPS) is 17.6. The molecule has 1 aromatic carbocycles. The third-order valence-electron chi connectivity index (χ3n) is 6.95. The zero-order valence-electron chi connectivity index (χ0n) is 21.2. The van der Waals surface area contributed by atoms with Gasteiger partial charge in [-0.2, -0.15) is 0 Å². The molecule has 2 N–H and O–H groups in total. The fourth-order valence-corrected chi connectivity index (χ4v) is 4.11. The topological polar surface area (TPSA) is 94.6 Å². The molecule has 0 spiro atoms. The monoisotopic (exact) mass is 477 g/mol. The predicted molar refractivity (Wildman–Crippen MR) is 136 cm³/mol. The molecule has 1 unspecified atom stereocenters. The third-order valence-corrected chi connectivity index (χ3v) is 6.95. The Labute approximate surface area is 207 Å². The highest BCUT2D eigenvalue weighted by molar-refractivity contribution is 6.13. The van der Waals surface area contributed by atoms with Gasteiger partial charge in [0.05, 0.1) is 24.0 Å². The van der Waals surface area contributed by atoms with Crippen LogP contribution in [0.5, 0.6) is 0 Å².